The van der Waals surface area contributed by atoms with Crippen LogP contribution in [0.3, 0.4) is 0 Å². The quantitative estimate of drug-likeness (QED) is 0.453. The first-order valence-electron chi connectivity index (χ1n) is 13.8. The molecule has 0 bridgehead atoms. The lowest BCUT2D eigenvalue weighted by molar-refractivity contribution is -0.152. The molecule has 0 radical (unpaired) electrons. The summed E-state index contributed by atoms with van der Waals surface area (Å²) in [7, 11) is 0. The summed E-state index contributed by atoms with van der Waals surface area (Å²) in [5.74, 6) is 1.05. The molecule has 5 aliphatic rings. The maximum atomic E-state index is 14.0. The first-order chi connectivity index (χ1) is 18.1. The molecule has 2 saturated heterocycles. The van der Waals surface area contributed by atoms with Crippen LogP contribution < -0.4 is 5.32 Å². The number of urea groups is 1. The van der Waals surface area contributed by atoms with Crippen LogP contribution >= 0.6 is 0 Å². The minimum atomic E-state index is -1.11. The molecule has 8 nitrogen and oxygen atoms in total. The third-order valence-corrected chi connectivity index (χ3v) is 10.2. The van der Waals surface area contributed by atoms with Crippen LogP contribution in [0.1, 0.15) is 55.2 Å². The number of aromatic hydroxyl groups is 2. The molecule has 3 saturated carbocycles. The molecule has 1 unspecified atom stereocenters. The number of fused-ring (bicyclic) bond motifs is 3. The first kappa shape index (κ1) is 24.0. The summed E-state index contributed by atoms with van der Waals surface area (Å²) in [6.07, 6.45) is 4.32. The summed E-state index contributed by atoms with van der Waals surface area (Å²) in [6, 6.07) is 11.4. The predicted molar refractivity (Wildman–Crippen MR) is 139 cm³/mol. The first-order valence-corrected chi connectivity index (χ1v) is 13.8. The van der Waals surface area contributed by atoms with Crippen LogP contribution in [0.2, 0.25) is 0 Å². The molecule has 3 aliphatic carbocycles. The van der Waals surface area contributed by atoms with Crippen LogP contribution in [0.4, 0.5) is 4.79 Å². The number of nitrogens with one attached hydrogen (secondary N) is 1. The summed E-state index contributed by atoms with van der Waals surface area (Å²) in [4.78, 5) is 31.0. The van der Waals surface area contributed by atoms with Crippen molar-refractivity contribution >= 4 is 11.9 Å². The van der Waals surface area contributed by atoms with Gasteiger partial charge in [-0.1, -0.05) is 18.2 Å². The molecular weight excluding hydrogens is 482 g/mol. The second-order valence-electron chi connectivity index (χ2n) is 12.6. The second-order valence-corrected chi connectivity index (χ2v) is 12.6. The lowest BCUT2D eigenvalue weighted by Gasteiger charge is -2.57. The van der Waals surface area contributed by atoms with E-state index in [1.165, 1.54) is 17.7 Å². The molecular formula is C30H35N3O5. The fraction of sp³-hybridized carbons (Fsp3) is 0.533. The van der Waals surface area contributed by atoms with Crippen LogP contribution in [0.15, 0.2) is 42.5 Å². The van der Waals surface area contributed by atoms with Gasteiger partial charge in [-0.3, -0.25) is 14.6 Å². The van der Waals surface area contributed by atoms with Gasteiger partial charge in [0.2, 0.25) is 0 Å². The van der Waals surface area contributed by atoms with Gasteiger partial charge in [0.05, 0.1) is 12.1 Å². The highest BCUT2D eigenvalue weighted by atomic mass is 16.3. The van der Waals surface area contributed by atoms with E-state index in [1.54, 1.807) is 36.4 Å². The van der Waals surface area contributed by atoms with E-state index in [9.17, 15) is 24.9 Å². The van der Waals surface area contributed by atoms with E-state index in [2.05, 4.69) is 10.2 Å². The number of imide groups is 1. The largest absolute Gasteiger partial charge is 0.508 e. The number of phenolic OH excluding ortho intramolecular Hbond substituents is 2. The Hall–Kier alpha value is -3.10. The van der Waals surface area contributed by atoms with Crippen LogP contribution in [0.5, 0.6) is 11.5 Å². The van der Waals surface area contributed by atoms with Crippen molar-refractivity contribution in [1.82, 2.24) is 15.1 Å². The molecule has 4 N–H and O–H groups in total. The molecule has 7 rings (SSSR count). The summed E-state index contributed by atoms with van der Waals surface area (Å²) < 4.78 is 0. The summed E-state index contributed by atoms with van der Waals surface area (Å²) in [6.45, 7) is 4.08. The molecule has 200 valence electrons. The minimum absolute atomic E-state index is 0.0301. The molecule has 2 aromatic carbocycles. The van der Waals surface area contributed by atoms with Gasteiger partial charge in [-0.05, 0) is 98.2 Å². The number of nitrogens with zero attached hydrogens (tertiary/aromatic N) is 2. The van der Waals surface area contributed by atoms with Gasteiger partial charge in [-0.25, -0.2) is 4.79 Å². The van der Waals surface area contributed by atoms with Crippen molar-refractivity contribution < 1.29 is 24.9 Å². The van der Waals surface area contributed by atoms with Crippen molar-refractivity contribution in [3.8, 4) is 11.5 Å². The summed E-state index contributed by atoms with van der Waals surface area (Å²) in [5, 5.41) is 35.9. The number of aryl methyl sites for hydroxylation is 1. The lowest BCUT2D eigenvalue weighted by atomic mass is 9.55. The van der Waals surface area contributed by atoms with E-state index in [0.717, 1.165) is 42.1 Å². The smallest absolute Gasteiger partial charge is 0.325 e. The molecule has 2 aliphatic heterocycles. The Bertz CT molecular complexity index is 1330. The van der Waals surface area contributed by atoms with E-state index in [1.807, 2.05) is 13.0 Å². The van der Waals surface area contributed by atoms with E-state index in [0.29, 0.717) is 25.2 Å². The molecule has 2 aromatic rings. The Morgan fingerprint density at radius 2 is 1.76 bits per heavy atom. The Kier molecular flexibility index (Phi) is 5.02. The number of rotatable bonds is 5. The Balaban J connectivity index is 1.27. The maximum Gasteiger partial charge on any atom is 0.325 e. The van der Waals surface area contributed by atoms with Gasteiger partial charge >= 0.3 is 6.03 Å². The van der Waals surface area contributed by atoms with Gasteiger partial charge in [-0.15, -0.1) is 0 Å². The van der Waals surface area contributed by atoms with Crippen molar-refractivity contribution in [3.05, 3.63) is 59.2 Å². The van der Waals surface area contributed by atoms with E-state index < -0.39 is 22.6 Å². The molecule has 38 heavy (non-hydrogen) atoms. The number of hydrogen-bond donors (Lipinski definition) is 4. The van der Waals surface area contributed by atoms with Gasteiger partial charge in [0.15, 0.2) is 0 Å². The Morgan fingerprint density at radius 1 is 1.03 bits per heavy atom. The average molecular weight is 518 g/mol. The monoisotopic (exact) mass is 517 g/mol. The van der Waals surface area contributed by atoms with Gasteiger partial charge in [0, 0.05) is 24.5 Å². The number of carbonyl (C=O) groups is 2. The van der Waals surface area contributed by atoms with E-state index >= 15 is 0 Å². The standard InChI is InChI=1S/C30H35N3O5/c1-18-2-7-23(35)12-24(18)28-13-21-16-32(14-19-3-4-19)25(21)30(28,38)11-10-29(17-28)26(36)33(27(37)31-29)15-20-5-8-22(34)9-6-20/h2,5-9,12,19,21,25,34-35,38H,3-4,10-11,13-17H2,1H3,(H,31,37)/t21?,25-,28-,29+,30-/m1/s1. The van der Waals surface area contributed by atoms with Gasteiger partial charge in [0.25, 0.3) is 5.91 Å². The predicted octanol–water partition coefficient (Wildman–Crippen LogP) is 3.16. The zero-order valence-corrected chi connectivity index (χ0v) is 21.7. The van der Waals surface area contributed by atoms with Gasteiger partial charge < -0.3 is 20.6 Å². The molecule has 8 heteroatoms. The lowest BCUT2D eigenvalue weighted by Crippen LogP contribution is -2.70. The molecule has 0 aromatic heterocycles. The summed E-state index contributed by atoms with van der Waals surface area (Å²) >= 11 is 0. The Labute approximate surface area is 222 Å². The van der Waals surface area contributed by atoms with Crippen LogP contribution in [-0.4, -0.2) is 67.3 Å². The molecule has 5 atom stereocenters. The number of amides is 3. The highest BCUT2D eigenvalue weighted by molar-refractivity contribution is 6.07. The number of benzene rings is 2. The van der Waals surface area contributed by atoms with Gasteiger partial charge in [0.1, 0.15) is 17.0 Å². The molecule has 2 heterocycles. The van der Waals surface area contributed by atoms with Crippen LogP contribution in [0, 0.1) is 18.8 Å². The third-order valence-electron chi connectivity index (χ3n) is 10.2. The Morgan fingerprint density at radius 3 is 2.50 bits per heavy atom. The normalized spacial score (nSPS) is 36.2. The second kappa shape index (κ2) is 7.96. The highest BCUT2D eigenvalue weighted by Gasteiger charge is 2.74. The number of aliphatic hydroxyl groups is 1. The zero-order chi connectivity index (χ0) is 26.4. The third kappa shape index (κ3) is 3.29. The fourth-order valence-electron chi connectivity index (χ4n) is 8.35. The molecule has 5 fully saturated rings. The number of likely N-dealkylation sites (tertiary alicyclic amines) is 1. The van der Waals surface area contributed by atoms with Crippen LogP contribution in [-0.2, 0) is 16.8 Å². The zero-order valence-electron chi connectivity index (χ0n) is 21.7. The topological polar surface area (TPSA) is 113 Å². The van der Waals surface area contributed by atoms with Crippen molar-refractivity contribution in [2.45, 2.75) is 74.6 Å². The minimum Gasteiger partial charge on any atom is -0.508 e. The highest BCUT2D eigenvalue weighted by Crippen LogP contribution is 2.65. The van der Waals surface area contributed by atoms with Crippen molar-refractivity contribution in [2.75, 3.05) is 13.1 Å². The van der Waals surface area contributed by atoms with Crippen molar-refractivity contribution in [2.24, 2.45) is 11.8 Å². The maximum absolute atomic E-state index is 14.0. The molecule has 3 amide bonds. The van der Waals surface area contributed by atoms with Gasteiger partial charge in [-0.2, -0.15) is 0 Å². The SMILES string of the molecule is Cc1ccc(O)cc1[C@]12CC3CN(CC4CC4)[C@H]3[C@]1(O)CC[C@@]1(C2)NC(=O)N(Cc2ccc(O)cc2)C1=O. The van der Waals surface area contributed by atoms with Crippen molar-refractivity contribution in [3.63, 3.8) is 0 Å². The van der Waals surface area contributed by atoms with Crippen molar-refractivity contribution in [1.29, 1.82) is 0 Å². The average Bonchev–Trinajstić information content (AvgIpc) is 3.63. The van der Waals surface area contributed by atoms with E-state index in [4.69, 9.17) is 0 Å². The number of hydrogen-bond acceptors (Lipinski definition) is 6. The summed E-state index contributed by atoms with van der Waals surface area (Å²) in [5.41, 5.74) is -0.305. The number of phenols is 2. The fourth-order valence-corrected chi connectivity index (χ4v) is 8.35. The number of carbonyl (C=O) groups excluding carboxylic acids is 2. The van der Waals surface area contributed by atoms with Crippen LogP contribution in [0.25, 0.3) is 0 Å². The molecule has 1 spiro atoms. The van der Waals surface area contributed by atoms with E-state index in [-0.39, 0.29) is 30.0 Å².